The van der Waals surface area contributed by atoms with Gasteiger partial charge in [0, 0.05) is 31.0 Å². The highest BCUT2D eigenvalue weighted by atomic mass is 35.5. The van der Waals surface area contributed by atoms with Crippen molar-refractivity contribution in [2.24, 2.45) is 0 Å². The molecule has 1 saturated heterocycles. The summed E-state index contributed by atoms with van der Waals surface area (Å²) in [4.78, 5) is 6.47. The highest BCUT2D eigenvalue weighted by Crippen LogP contribution is 2.24. The monoisotopic (exact) mass is 298 g/mol. The molecule has 1 N–H and O–H groups in total. The zero-order valence-electron chi connectivity index (χ0n) is 11.5. The molecule has 106 valence electrons. The molecule has 4 nitrogen and oxygen atoms in total. The first-order valence-electron chi connectivity index (χ1n) is 6.87. The van der Waals surface area contributed by atoms with Gasteiger partial charge in [0.1, 0.15) is 6.07 Å². The second-order valence-electron chi connectivity index (χ2n) is 5.09. The first-order valence-corrected chi connectivity index (χ1v) is 7.25. The molecule has 1 aliphatic heterocycles. The molecule has 3 rings (SSSR count). The fourth-order valence-electron chi connectivity index (χ4n) is 2.58. The normalized spacial score (nSPS) is 17.5. The molecule has 0 saturated carbocycles. The Morgan fingerprint density at radius 2 is 2.29 bits per heavy atom. The summed E-state index contributed by atoms with van der Waals surface area (Å²) in [7, 11) is 0. The van der Waals surface area contributed by atoms with Gasteiger partial charge in [-0.05, 0) is 36.8 Å². The Morgan fingerprint density at radius 3 is 3.00 bits per heavy atom. The molecule has 21 heavy (non-hydrogen) atoms. The lowest BCUT2D eigenvalue weighted by Crippen LogP contribution is -2.26. The third kappa shape index (κ3) is 3.09. The van der Waals surface area contributed by atoms with Crippen molar-refractivity contribution in [2.45, 2.75) is 12.5 Å². The highest BCUT2D eigenvalue weighted by Gasteiger charge is 2.22. The summed E-state index contributed by atoms with van der Waals surface area (Å²) < 4.78 is 0. The first-order chi connectivity index (χ1) is 10.3. The predicted octanol–water partition coefficient (Wildman–Crippen LogP) is 3.30. The molecular weight excluding hydrogens is 284 g/mol. The maximum atomic E-state index is 8.89. The van der Waals surface area contributed by atoms with E-state index in [0.717, 1.165) is 30.9 Å². The second-order valence-corrected chi connectivity index (χ2v) is 5.50. The second kappa shape index (κ2) is 6.02. The third-order valence-corrected chi connectivity index (χ3v) is 3.97. The van der Waals surface area contributed by atoms with Crippen LogP contribution < -0.4 is 10.2 Å². The van der Waals surface area contributed by atoms with E-state index in [1.165, 1.54) is 0 Å². The van der Waals surface area contributed by atoms with Crippen molar-refractivity contribution < 1.29 is 0 Å². The maximum Gasteiger partial charge on any atom is 0.101 e. The van der Waals surface area contributed by atoms with Crippen LogP contribution in [0.15, 0.2) is 42.7 Å². The summed E-state index contributed by atoms with van der Waals surface area (Å²) in [5, 5.41) is 12.9. The van der Waals surface area contributed by atoms with E-state index in [9.17, 15) is 0 Å². The van der Waals surface area contributed by atoms with Gasteiger partial charge in [0.2, 0.25) is 0 Å². The smallest absolute Gasteiger partial charge is 0.101 e. The Morgan fingerprint density at radius 1 is 1.38 bits per heavy atom. The van der Waals surface area contributed by atoms with Gasteiger partial charge in [-0.25, -0.2) is 0 Å². The van der Waals surface area contributed by atoms with Crippen molar-refractivity contribution in [3.8, 4) is 6.07 Å². The predicted molar refractivity (Wildman–Crippen MR) is 84.6 cm³/mol. The van der Waals surface area contributed by atoms with Crippen LogP contribution >= 0.6 is 11.6 Å². The molecule has 1 fully saturated rings. The molecule has 5 heteroatoms. The van der Waals surface area contributed by atoms with Gasteiger partial charge in [-0.3, -0.25) is 4.98 Å². The number of benzene rings is 1. The molecule has 0 bridgehead atoms. The van der Waals surface area contributed by atoms with Gasteiger partial charge in [-0.15, -0.1) is 0 Å². The van der Waals surface area contributed by atoms with Gasteiger partial charge in [-0.2, -0.15) is 5.26 Å². The molecule has 0 spiro atoms. The van der Waals surface area contributed by atoms with E-state index in [-0.39, 0.29) is 0 Å². The Labute approximate surface area is 129 Å². The summed E-state index contributed by atoms with van der Waals surface area (Å²) in [6, 6.07) is 11.9. The molecule has 2 heterocycles. The number of nitrogens with one attached hydrogen (secondary N) is 1. The lowest BCUT2D eigenvalue weighted by Gasteiger charge is -2.19. The van der Waals surface area contributed by atoms with Crippen LogP contribution in [0.25, 0.3) is 0 Å². The number of anilines is 2. The maximum absolute atomic E-state index is 8.89. The standard InChI is InChI=1S/C16H15ClN4/c17-16-8-13(4-3-12(16)9-18)20-14-5-7-21(11-14)15-2-1-6-19-10-15/h1-4,6,8,10,14,20H,5,7,11H2. The fraction of sp³-hybridized carbons (Fsp3) is 0.250. The number of rotatable bonds is 3. The summed E-state index contributed by atoms with van der Waals surface area (Å²) in [6.07, 6.45) is 4.74. The Kier molecular flexibility index (Phi) is 3.94. The van der Waals surface area contributed by atoms with Gasteiger partial charge in [0.25, 0.3) is 0 Å². The van der Waals surface area contributed by atoms with E-state index in [0.29, 0.717) is 16.6 Å². The molecule has 0 amide bonds. The van der Waals surface area contributed by atoms with Crippen molar-refractivity contribution in [1.29, 1.82) is 5.26 Å². The summed E-state index contributed by atoms with van der Waals surface area (Å²) in [5.41, 5.74) is 2.61. The average molecular weight is 299 g/mol. The van der Waals surface area contributed by atoms with E-state index in [2.05, 4.69) is 27.3 Å². The number of halogens is 1. The van der Waals surface area contributed by atoms with Crippen LogP contribution in [-0.2, 0) is 0 Å². The van der Waals surface area contributed by atoms with Crippen molar-refractivity contribution >= 4 is 23.0 Å². The highest BCUT2D eigenvalue weighted by molar-refractivity contribution is 6.32. The minimum absolute atomic E-state index is 0.370. The zero-order chi connectivity index (χ0) is 14.7. The van der Waals surface area contributed by atoms with E-state index in [4.69, 9.17) is 16.9 Å². The number of aromatic nitrogens is 1. The van der Waals surface area contributed by atoms with Crippen LogP contribution in [0.4, 0.5) is 11.4 Å². The quantitative estimate of drug-likeness (QED) is 0.944. The van der Waals surface area contributed by atoms with Crippen molar-refractivity contribution in [3.63, 3.8) is 0 Å². The molecule has 2 aromatic rings. The first kappa shape index (κ1) is 13.7. The molecule has 1 aliphatic rings. The van der Waals surface area contributed by atoms with Crippen LogP contribution in [0, 0.1) is 11.3 Å². The van der Waals surface area contributed by atoms with Crippen LogP contribution in [0.1, 0.15) is 12.0 Å². The SMILES string of the molecule is N#Cc1ccc(NC2CCN(c3cccnc3)C2)cc1Cl. The number of hydrogen-bond acceptors (Lipinski definition) is 4. The average Bonchev–Trinajstić information content (AvgIpc) is 2.97. The van der Waals surface area contributed by atoms with Gasteiger partial charge >= 0.3 is 0 Å². The molecular formula is C16H15ClN4. The minimum Gasteiger partial charge on any atom is -0.380 e. The van der Waals surface area contributed by atoms with E-state index < -0.39 is 0 Å². The van der Waals surface area contributed by atoms with Crippen molar-refractivity contribution in [2.75, 3.05) is 23.3 Å². The van der Waals surface area contributed by atoms with Crippen molar-refractivity contribution in [3.05, 3.63) is 53.3 Å². The number of nitriles is 1. The van der Waals surface area contributed by atoms with Crippen LogP contribution in [0.5, 0.6) is 0 Å². The lowest BCUT2D eigenvalue weighted by molar-refractivity contribution is 0.807. The Hall–Kier alpha value is -2.25. The summed E-state index contributed by atoms with van der Waals surface area (Å²) in [5.74, 6) is 0. The van der Waals surface area contributed by atoms with Gasteiger partial charge < -0.3 is 10.2 Å². The Bertz CT molecular complexity index is 666. The lowest BCUT2D eigenvalue weighted by atomic mass is 10.2. The van der Waals surface area contributed by atoms with Crippen molar-refractivity contribution in [1.82, 2.24) is 4.98 Å². The van der Waals surface area contributed by atoms with Gasteiger partial charge in [0.05, 0.1) is 22.5 Å². The van der Waals surface area contributed by atoms with Gasteiger partial charge in [-0.1, -0.05) is 11.6 Å². The van der Waals surface area contributed by atoms with E-state index in [1.807, 2.05) is 24.4 Å². The molecule has 1 atom stereocenters. The van der Waals surface area contributed by atoms with Gasteiger partial charge in [0.15, 0.2) is 0 Å². The third-order valence-electron chi connectivity index (χ3n) is 3.66. The van der Waals surface area contributed by atoms with Crippen LogP contribution in [-0.4, -0.2) is 24.1 Å². The number of pyridine rings is 1. The molecule has 0 radical (unpaired) electrons. The van der Waals surface area contributed by atoms with E-state index >= 15 is 0 Å². The topological polar surface area (TPSA) is 52.0 Å². The number of hydrogen-bond donors (Lipinski definition) is 1. The molecule has 0 aliphatic carbocycles. The summed E-state index contributed by atoms with van der Waals surface area (Å²) in [6.45, 7) is 1.94. The summed E-state index contributed by atoms with van der Waals surface area (Å²) >= 11 is 6.06. The largest absolute Gasteiger partial charge is 0.380 e. The van der Waals surface area contributed by atoms with Crippen LogP contribution in [0.2, 0.25) is 5.02 Å². The van der Waals surface area contributed by atoms with E-state index in [1.54, 1.807) is 12.3 Å². The molecule has 1 aromatic carbocycles. The molecule has 1 unspecified atom stereocenters. The fourth-order valence-corrected chi connectivity index (χ4v) is 2.81. The Balaban J connectivity index is 1.65. The number of nitrogens with zero attached hydrogens (tertiary/aromatic N) is 3. The van der Waals surface area contributed by atoms with Crippen LogP contribution in [0.3, 0.4) is 0 Å². The minimum atomic E-state index is 0.370. The molecule has 1 aromatic heterocycles. The zero-order valence-corrected chi connectivity index (χ0v) is 12.2.